The molecule has 0 saturated heterocycles. The number of hydrogen-bond donors (Lipinski definition) is 1. The van der Waals surface area contributed by atoms with Gasteiger partial charge < -0.3 is 9.88 Å². The molecule has 0 fully saturated rings. The molecule has 1 N–H and O–H groups in total. The first-order valence-corrected chi connectivity index (χ1v) is 6.34. The van der Waals surface area contributed by atoms with Crippen molar-refractivity contribution in [2.75, 3.05) is 5.32 Å². The van der Waals surface area contributed by atoms with E-state index in [0.717, 1.165) is 5.56 Å². The van der Waals surface area contributed by atoms with Crippen LogP contribution < -0.4 is 10.9 Å². The first-order chi connectivity index (χ1) is 8.98. The molecular formula is C15H19N3O. The average Bonchev–Trinajstić information content (AvgIpc) is 2.37. The average molecular weight is 257 g/mol. The van der Waals surface area contributed by atoms with Gasteiger partial charge in [0.25, 0.3) is 5.56 Å². The van der Waals surface area contributed by atoms with E-state index < -0.39 is 0 Å². The van der Waals surface area contributed by atoms with Crippen molar-refractivity contribution in [1.82, 2.24) is 9.55 Å². The molecular weight excluding hydrogens is 238 g/mol. The molecule has 1 aromatic heterocycles. The summed E-state index contributed by atoms with van der Waals surface area (Å²) in [4.78, 5) is 16.4. The molecule has 0 aliphatic heterocycles. The summed E-state index contributed by atoms with van der Waals surface area (Å²) in [6.07, 6.45) is 3.37. The van der Waals surface area contributed by atoms with Crippen LogP contribution in [0.25, 0.3) is 0 Å². The molecule has 0 saturated carbocycles. The summed E-state index contributed by atoms with van der Waals surface area (Å²) in [5.74, 6) is 0.390. The van der Waals surface area contributed by atoms with Crippen molar-refractivity contribution in [3.05, 3.63) is 58.6 Å². The Kier molecular flexibility index (Phi) is 3.69. The maximum atomic E-state index is 12.3. The summed E-state index contributed by atoms with van der Waals surface area (Å²) in [5, 5.41) is 3.10. The third-order valence-corrected chi connectivity index (χ3v) is 2.87. The van der Waals surface area contributed by atoms with E-state index in [1.807, 2.05) is 51.1 Å². The van der Waals surface area contributed by atoms with Crippen LogP contribution in [0.3, 0.4) is 0 Å². The van der Waals surface area contributed by atoms with Crippen LogP contribution in [0.5, 0.6) is 0 Å². The SMILES string of the molecule is CC(C)(C)n1ccnc(NCc2ccccc2)c1=O. The van der Waals surface area contributed by atoms with Crippen molar-refractivity contribution >= 4 is 5.82 Å². The molecule has 0 bridgehead atoms. The predicted molar refractivity (Wildman–Crippen MR) is 77.3 cm³/mol. The van der Waals surface area contributed by atoms with Crippen LogP contribution in [-0.2, 0) is 12.1 Å². The zero-order valence-electron chi connectivity index (χ0n) is 11.6. The number of aromatic nitrogens is 2. The van der Waals surface area contributed by atoms with E-state index >= 15 is 0 Å². The smallest absolute Gasteiger partial charge is 0.293 e. The minimum Gasteiger partial charge on any atom is -0.361 e. The molecule has 0 aliphatic carbocycles. The number of anilines is 1. The molecule has 0 unspecified atom stereocenters. The molecule has 4 nitrogen and oxygen atoms in total. The monoisotopic (exact) mass is 257 g/mol. The van der Waals surface area contributed by atoms with Crippen LogP contribution in [0.2, 0.25) is 0 Å². The normalized spacial score (nSPS) is 11.3. The fourth-order valence-electron chi connectivity index (χ4n) is 1.84. The molecule has 0 spiro atoms. The molecule has 4 heteroatoms. The Labute approximate surface area is 113 Å². The van der Waals surface area contributed by atoms with Crippen LogP contribution in [0.4, 0.5) is 5.82 Å². The fraction of sp³-hybridized carbons (Fsp3) is 0.333. The van der Waals surface area contributed by atoms with Crippen LogP contribution in [0.1, 0.15) is 26.3 Å². The highest BCUT2D eigenvalue weighted by atomic mass is 16.1. The summed E-state index contributed by atoms with van der Waals surface area (Å²) >= 11 is 0. The van der Waals surface area contributed by atoms with E-state index in [0.29, 0.717) is 12.4 Å². The van der Waals surface area contributed by atoms with Gasteiger partial charge >= 0.3 is 0 Å². The number of rotatable bonds is 3. The van der Waals surface area contributed by atoms with Gasteiger partial charge in [0.2, 0.25) is 0 Å². The number of nitrogens with zero attached hydrogens (tertiary/aromatic N) is 2. The lowest BCUT2D eigenvalue weighted by molar-refractivity contribution is 0.383. The minimum atomic E-state index is -0.247. The second-order valence-electron chi connectivity index (χ2n) is 5.46. The van der Waals surface area contributed by atoms with Gasteiger partial charge in [0.1, 0.15) is 0 Å². The van der Waals surface area contributed by atoms with Crippen molar-refractivity contribution in [2.24, 2.45) is 0 Å². The van der Waals surface area contributed by atoms with E-state index in [1.165, 1.54) is 0 Å². The molecule has 0 radical (unpaired) electrons. The Morgan fingerprint density at radius 1 is 1.21 bits per heavy atom. The van der Waals surface area contributed by atoms with Gasteiger partial charge in [-0.3, -0.25) is 4.79 Å². The van der Waals surface area contributed by atoms with Gasteiger partial charge in [-0.2, -0.15) is 0 Å². The van der Waals surface area contributed by atoms with E-state index in [9.17, 15) is 4.79 Å². The largest absolute Gasteiger partial charge is 0.361 e. The van der Waals surface area contributed by atoms with Crippen molar-refractivity contribution in [3.63, 3.8) is 0 Å². The first-order valence-electron chi connectivity index (χ1n) is 6.34. The second-order valence-corrected chi connectivity index (χ2v) is 5.46. The summed E-state index contributed by atoms with van der Waals surface area (Å²) < 4.78 is 1.69. The zero-order chi connectivity index (χ0) is 13.9. The Morgan fingerprint density at radius 2 is 1.89 bits per heavy atom. The van der Waals surface area contributed by atoms with Gasteiger partial charge in [0.05, 0.1) is 0 Å². The summed E-state index contributed by atoms with van der Waals surface area (Å²) in [6, 6.07) is 9.94. The highest BCUT2D eigenvalue weighted by Gasteiger charge is 2.16. The van der Waals surface area contributed by atoms with Crippen LogP contribution in [0, 0.1) is 0 Å². The number of benzene rings is 1. The van der Waals surface area contributed by atoms with Crippen molar-refractivity contribution in [2.45, 2.75) is 32.9 Å². The second kappa shape index (κ2) is 5.26. The lowest BCUT2D eigenvalue weighted by Crippen LogP contribution is -2.35. The van der Waals surface area contributed by atoms with E-state index in [2.05, 4.69) is 10.3 Å². The lowest BCUT2D eigenvalue weighted by Gasteiger charge is -2.22. The van der Waals surface area contributed by atoms with Gasteiger partial charge in [-0.25, -0.2) is 4.98 Å². The molecule has 19 heavy (non-hydrogen) atoms. The van der Waals surface area contributed by atoms with Crippen LogP contribution >= 0.6 is 0 Å². The lowest BCUT2D eigenvalue weighted by atomic mass is 10.1. The van der Waals surface area contributed by atoms with Gasteiger partial charge in [0, 0.05) is 24.5 Å². The van der Waals surface area contributed by atoms with E-state index in [4.69, 9.17) is 0 Å². The molecule has 0 aliphatic rings. The molecule has 1 aromatic carbocycles. The quantitative estimate of drug-likeness (QED) is 0.919. The first kappa shape index (κ1) is 13.3. The molecule has 2 aromatic rings. The van der Waals surface area contributed by atoms with Crippen LogP contribution in [0.15, 0.2) is 47.5 Å². The third-order valence-electron chi connectivity index (χ3n) is 2.87. The zero-order valence-corrected chi connectivity index (χ0v) is 11.6. The fourth-order valence-corrected chi connectivity index (χ4v) is 1.84. The number of hydrogen-bond acceptors (Lipinski definition) is 3. The molecule has 0 amide bonds. The predicted octanol–water partition coefficient (Wildman–Crippen LogP) is 2.61. The molecule has 0 atom stereocenters. The van der Waals surface area contributed by atoms with Crippen LogP contribution in [-0.4, -0.2) is 9.55 Å². The molecule has 100 valence electrons. The van der Waals surface area contributed by atoms with Crippen molar-refractivity contribution in [1.29, 1.82) is 0 Å². The topological polar surface area (TPSA) is 46.9 Å². The standard InChI is InChI=1S/C15H19N3O/c1-15(2,3)18-10-9-16-13(14(18)19)17-11-12-7-5-4-6-8-12/h4-10H,11H2,1-3H3,(H,16,17). The minimum absolute atomic E-state index is 0.0917. The van der Waals surface area contributed by atoms with Gasteiger partial charge in [-0.05, 0) is 26.3 Å². The summed E-state index contributed by atoms with van der Waals surface area (Å²) in [7, 11) is 0. The summed E-state index contributed by atoms with van der Waals surface area (Å²) in [6.45, 7) is 6.58. The van der Waals surface area contributed by atoms with Gasteiger partial charge in [-0.15, -0.1) is 0 Å². The number of nitrogens with one attached hydrogen (secondary N) is 1. The Balaban J connectivity index is 2.20. The summed E-state index contributed by atoms with van der Waals surface area (Å²) in [5.41, 5.74) is 0.782. The Bertz CT molecular complexity index is 597. The van der Waals surface area contributed by atoms with Crippen molar-refractivity contribution < 1.29 is 0 Å². The molecule has 2 rings (SSSR count). The van der Waals surface area contributed by atoms with Crippen molar-refractivity contribution in [3.8, 4) is 0 Å². The Morgan fingerprint density at radius 3 is 2.53 bits per heavy atom. The third kappa shape index (κ3) is 3.22. The van der Waals surface area contributed by atoms with Gasteiger partial charge in [0.15, 0.2) is 5.82 Å². The molecule has 1 heterocycles. The van der Waals surface area contributed by atoms with E-state index in [1.54, 1.807) is 17.0 Å². The Hall–Kier alpha value is -2.10. The highest BCUT2D eigenvalue weighted by Crippen LogP contribution is 2.11. The van der Waals surface area contributed by atoms with E-state index in [-0.39, 0.29) is 11.1 Å². The highest BCUT2D eigenvalue weighted by molar-refractivity contribution is 5.33. The maximum absolute atomic E-state index is 12.3. The maximum Gasteiger partial charge on any atom is 0.293 e. The van der Waals surface area contributed by atoms with Gasteiger partial charge in [-0.1, -0.05) is 30.3 Å².